The molecule has 0 saturated carbocycles. The minimum atomic E-state index is -0.787. The van der Waals surface area contributed by atoms with Crippen molar-refractivity contribution in [1.82, 2.24) is 0 Å². The summed E-state index contributed by atoms with van der Waals surface area (Å²) in [6.07, 6.45) is 1.21. The van der Waals surface area contributed by atoms with Gasteiger partial charge in [-0.05, 0) is 6.07 Å². The highest BCUT2D eigenvalue weighted by Gasteiger charge is 2.26. The quantitative estimate of drug-likeness (QED) is 0.544. The summed E-state index contributed by atoms with van der Waals surface area (Å²) in [7, 11) is 0. The maximum Gasteiger partial charge on any atom is 0.353 e. The van der Waals surface area contributed by atoms with E-state index in [4.69, 9.17) is 0 Å². The molecule has 0 heterocycles. The molecule has 0 saturated heterocycles. The highest BCUT2D eigenvalue weighted by atomic mass is 16.6. The van der Waals surface area contributed by atoms with E-state index in [1.165, 1.54) is 18.2 Å². The van der Waals surface area contributed by atoms with Gasteiger partial charge in [-0.15, -0.1) is 0 Å². The van der Waals surface area contributed by atoms with Crippen molar-refractivity contribution in [2.75, 3.05) is 0 Å². The fourth-order valence-corrected chi connectivity index (χ4v) is 1.06. The largest absolute Gasteiger partial charge is 0.353 e. The van der Waals surface area contributed by atoms with Crippen LogP contribution in [0.15, 0.2) is 24.8 Å². The van der Waals surface area contributed by atoms with Gasteiger partial charge in [-0.3, -0.25) is 20.2 Å². The van der Waals surface area contributed by atoms with Gasteiger partial charge in [0.2, 0.25) is 0 Å². The van der Waals surface area contributed by atoms with Crippen LogP contribution in [0.5, 0.6) is 0 Å². The van der Waals surface area contributed by atoms with Crippen LogP contribution in [0, 0.1) is 20.2 Å². The van der Waals surface area contributed by atoms with Crippen LogP contribution in [-0.4, -0.2) is 9.85 Å². The first kappa shape index (κ1) is 9.85. The van der Waals surface area contributed by atoms with E-state index >= 15 is 0 Å². The Morgan fingerprint density at radius 1 is 1.21 bits per heavy atom. The van der Waals surface area contributed by atoms with Crippen LogP contribution >= 0.6 is 0 Å². The van der Waals surface area contributed by atoms with Crippen LogP contribution in [-0.2, 0) is 0 Å². The summed E-state index contributed by atoms with van der Waals surface area (Å²) in [5.74, 6) is 0. The van der Waals surface area contributed by atoms with Crippen molar-refractivity contribution in [2.45, 2.75) is 0 Å². The zero-order chi connectivity index (χ0) is 10.7. The summed E-state index contributed by atoms with van der Waals surface area (Å²) in [6, 6.07) is 3.87. The third-order valence-electron chi connectivity index (χ3n) is 1.65. The van der Waals surface area contributed by atoms with E-state index in [0.717, 1.165) is 6.07 Å². The number of hydrogen-bond acceptors (Lipinski definition) is 4. The normalized spacial score (nSPS) is 9.43. The molecule has 6 heteroatoms. The average molecular weight is 194 g/mol. The molecule has 0 spiro atoms. The lowest BCUT2D eigenvalue weighted by Crippen LogP contribution is -1.98. The fraction of sp³-hybridized carbons (Fsp3) is 0. The van der Waals surface area contributed by atoms with E-state index in [1.807, 2.05) is 0 Å². The molecule has 0 atom stereocenters. The molecule has 72 valence electrons. The van der Waals surface area contributed by atoms with Crippen LogP contribution < -0.4 is 0 Å². The summed E-state index contributed by atoms with van der Waals surface area (Å²) in [6.45, 7) is 3.35. The van der Waals surface area contributed by atoms with Crippen molar-refractivity contribution in [3.63, 3.8) is 0 Å². The molecular formula is C8H6N2O4. The maximum absolute atomic E-state index is 10.6. The molecule has 0 N–H and O–H groups in total. The predicted octanol–water partition coefficient (Wildman–Crippen LogP) is 2.15. The Hall–Kier alpha value is -2.24. The first-order valence-electron chi connectivity index (χ1n) is 3.62. The molecule has 1 aromatic rings. The number of nitro benzene ring substituents is 2. The Kier molecular flexibility index (Phi) is 2.57. The van der Waals surface area contributed by atoms with Crippen molar-refractivity contribution in [3.8, 4) is 0 Å². The van der Waals surface area contributed by atoms with E-state index < -0.39 is 21.2 Å². The Bertz CT molecular complexity index is 414. The van der Waals surface area contributed by atoms with Gasteiger partial charge in [0.05, 0.1) is 15.4 Å². The van der Waals surface area contributed by atoms with E-state index in [-0.39, 0.29) is 5.56 Å². The van der Waals surface area contributed by atoms with Crippen molar-refractivity contribution >= 4 is 17.5 Å². The molecule has 0 fully saturated rings. The van der Waals surface area contributed by atoms with E-state index in [9.17, 15) is 20.2 Å². The molecule has 0 bridgehead atoms. The number of benzene rings is 1. The number of para-hydroxylation sites is 1. The van der Waals surface area contributed by atoms with Crippen LogP contribution in [0.25, 0.3) is 6.08 Å². The molecule has 1 aromatic carbocycles. The second kappa shape index (κ2) is 3.65. The lowest BCUT2D eigenvalue weighted by molar-refractivity contribution is -0.422. The van der Waals surface area contributed by atoms with Gasteiger partial charge in [0.15, 0.2) is 0 Å². The first-order valence-corrected chi connectivity index (χ1v) is 3.62. The number of rotatable bonds is 3. The van der Waals surface area contributed by atoms with Crippen molar-refractivity contribution in [3.05, 3.63) is 50.6 Å². The SMILES string of the molecule is C=Cc1cccc([N+](=O)[O-])c1[N+](=O)[O-]. The molecule has 0 radical (unpaired) electrons. The zero-order valence-electron chi connectivity index (χ0n) is 7.04. The monoisotopic (exact) mass is 194 g/mol. The fourth-order valence-electron chi connectivity index (χ4n) is 1.06. The Morgan fingerprint density at radius 2 is 1.86 bits per heavy atom. The van der Waals surface area contributed by atoms with Crippen molar-refractivity contribution < 1.29 is 9.85 Å². The summed E-state index contributed by atoms with van der Waals surface area (Å²) < 4.78 is 0. The zero-order valence-corrected chi connectivity index (χ0v) is 7.04. The van der Waals surface area contributed by atoms with Gasteiger partial charge in [0, 0.05) is 6.07 Å². The third-order valence-corrected chi connectivity index (χ3v) is 1.65. The third kappa shape index (κ3) is 1.58. The maximum atomic E-state index is 10.6. The summed E-state index contributed by atoms with van der Waals surface area (Å²) in [4.78, 5) is 19.5. The average Bonchev–Trinajstić information content (AvgIpc) is 2.16. The van der Waals surface area contributed by atoms with E-state index in [2.05, 4.69) is 6.58 Å². The Balaban J connectivity index is 3.51. The molecule has 14 heavy (non-hydrogen) atoms. The van der Waals surface area contributed by atoms with Crippen LogP contribution in [0.3, 0.4) is 0 Å². The topological polar surface area (TPSA) is 86.3 Å². The molecule has 0 amide bonds. The van der Waals surface area contributed by atoms with E-state index in [1.54, 1.807) is 0 Å². The number of hydrogen-bond donors (Lipinski definition) is 0. The first-order chi connectivity index (χ1) is 6.57. The van der Waals surface area contributed by atoms with Crippen LogP contribution in [0.1, 0.15) is 5.56 Å². The van der Waals surface area contributed by atoms with Crippen molar-refractivity contribution in [1.29, 1.82) is 0 Å². The summed E-state index contributed by atoms with van der Waals surface area (Å²) >= 11 is 0. The van der Waals surface area contributed by atoms with E-state index in [0.29, 0.717) is 0 Å². The van der Waals surface area contributed by atoms with Crippen LogP contribution in [0.2, 0.25) is 0 Å². The highest BCUT2D eigenvalue weighted by molar-refractivity contribution is 5.68. The minimum Gasteiger partial charge on any atom is -0.258 e. The van der Waals surface area contributed by atoms with Gasteiger partial charge < -0.3 is 0 Å². The highest BCUT2D eigenvalue weighted by Crippen LogP contribution is 2.30. The second-order valence-electron chi connectivity index (χ2n) is 2.43. The van der Waals surface area contributed by atoms with Gasteiger partial charge in [0.1, 0.15) is 0 Å². The molecule has 0 aliphatic heterocycles. The molecule has 0 aliphatic carbocycles. The lowest BCUT2D eigenvalue weighted by atomic mass is 10.1. The van der Waals surface area contributed by atoms with Gasteiger partial charge in [0.25, 0.3) is 0 Å². The summed E-state index contributed by atoms with van der Waals surface area (Å²) in [5.41, 5.74) is -0.899. The molecule has 1 rings (SSSR count). The lowest BCUT2D eigenvalue weighted by Gasteiger charge is -1.97. The Labute approximate surface area is 78.8 Å². The van der Waals surface area contributed by atoms with Crippen molar-refractivity contribution in [2.24, 2.45) is 0 Å². The molecular weight excluding hydrogens is 188 g/mol. The molecule has 0 unspecified atom stereocenters. The molecule has 0 aliphatic rings. The predicted molar refractivity (Wildman–Crippen MR) is 49.8 cm³/mol. The number of nitro groups is 2. The van der Waals surface area contributed by atoms with Gasteiger partial charge in [-0.2, -0.15) is 0 Å². The Morgan fingerprint density at radius 3 is 2.29 bits per heavy atom. The molecule has 6 nitrogen and oxygen atoms in total. The number of nitrogens with zero attached hydrogens (tertiary/aromatic N) is 2. The minimum absolute atomic E-state index is 0.143. The standard InChI is InChI=1S/C8H6N2O4/c1-2-6-4-3-5-7(9(11)12)8(6)10(13)14/h2-5H,1H2. The summed E-state index contributed by atoms with van der Waals surface area (Å²) in [5, 5.41) is 21.0. The van der Waals surface area contributed by atoms with Gasteiger partial charge in [-0.25, -0.2) is 0 Å². The second-order valence-corrected chi connectivity index (χ2v) is 2.43. The smallest absolute Gasteiger partial charge is 0.258 e. The molecule has 0 aromatic heterocycles. The van der Waals surface area contributed by atoms with Gasteiger partial charge in [-0.1, -0.05) is 18.7 Å². The van der Waals surface area contributed by atoms with Gasteiger partial charge >= 0.3 is 11.4 Å². The van der Waals surface area contributed by atoms with Crippen LogP contribution in [0.4, 0.5) is 11.4 Å².